The minimum absolute atomic E-state index is 0.0452. The van der Waals surface area contributed by atoms with Crippen LogP contribution in [0, 0.1) is 0 Å². The number of hydrogen-bond donors (Lipinski definition) is 1. The zero-order chi connectivity index (χ0) is 19.0. The molecule has 27 heavy (non-hydrogen) atoms. The molecule has 0 radical (unpaired) electrons. The van der Waals surface area contributed by atoms with Crippen LogP contribution < -0.4 is 9.64 Å². The van der Waals surface area contributed by atoms with Crippen molar-refractivity contribution >= 4 is 28.2 Å². The number of aliphatic hydroxyl groups is 1. The Labute approximate surface area is 158 Å². The molecule has 4 rings (SSSR count). The highest BCUT2D eigenvalue weighted by molar-refractivity contribution is 7.13. The molecule has 0 aliphatic carbocycles. The minimum atomic E-state index is -0.827. The molecule has 1 aliphatic rings. The number of thiazole rings is 1. The lowest BCUT2D eigenvalue weighted by atomic mass is 9.95. The highest BCUT2D eigenvalue weighted by Gasteiger charge is 2.46. The highest BCUT2D eigenvalue weighted by Crippen LogP contribution is 2.42. The number of carbonyl (C=O) groups is 2. The maximum atomic E-state index is 13.0. The number of amides is 1. The molecule has 1 unspecified atom stereocenters. The van der Waals surface area contributed by atoms with E-state index in [0.717, 1.165) is 0 Å². The third-order valence-electron chi connectivity index (χ3n) is 4.25. The van der Waals surface area contributed by atoms with E-state index < -0.39 is 23.5 Å². The molecule has 1 atom stereocenters. The number of furan rings is 1. The van der Waals surface area contributed by atoms with Gasteiger partial charge in [-0.15, -0.1) is 11.3 Å². The van der Waals surface area contributed by atoms with Crippen LogP contribution in [0.2, 0.25) is 0 Å². The van der Waals surface area contributed by atoms with Crippen LogP contribution in [0.4, 0.5) is 5.13 Å². The number of benzene rings is 1. The fourth-order valence-electron chi connectivity index (χ4n) is 3.01. The van der Waals surface area contributed by atoms with Crippen LogP contribution in [0.5, 0.6) is 5.75 Å². The normalized spacial score (nSPS) is 16.9. The molecule has 1 aliphatic heterocycles. The Balaban J connectivity index is 1.86. The number of carbonyl (C=O) groups excluding carboxylic acids is 2. The van der Waals surface area contributed by atoms with E-state index in [4.69, 9.17) is 9.15 Å². The van der Waals surface area contributed by atoms with Gasteiger partial charge < -0.3 is 14.3 Å². The van der Waals surface area contributed by atoms with Crippen molar-refractivity contribution in [3.05, 3.63) is 76.9 Å². The van der Waals surface area contributed by atoms with E-state index in [1.165, 1.54) is 28.6 Å². The molecule has 2 aromatic heterocycles. The zero-order valence-corrected chi connectivity index (χ0v) is 15.0. The summed E-state index contributed by atoms with van der Waals surface area (Å²) in [4.78, 5) is 31.2. The molecule has 0 saturated carbocycles. The number of Topliss-reactive ketones (excluding diaryl/α,β-unsaturated/α-hetero) is 1. The van der Waals surface area contributed by atoms with Gasteiger partial charge in [0.2, 0.25) is 5.78 Å². The Hall–Kier alpha value is -3.39. The summed E-state index contributed by atoms with van der Waals surface area (Å²) < 4.78 is 10.4. The molecule has 136 valence electrons. The Bertz CT molecular complexity index is 1010. The van der Waals surface area contributed by atoms with Crippen molar-refractivity contribution in [3.8, 4) is 5.75 Å². The predicted molar refractivity (Wildman–Crippen MR) is 98.0 cm³/mol. The van der Waals surface area contributed by atoms with Crippen LogP contribution in [0.1, 0.15) is 22.2 Å². The van der Waals surface area contributed by atoms with Crippen LogP contribution in [-0.4, -0.2) is 28.9 Å². The number of aromatic nitrogens is 1. The molecule has 3 aromatic rings. The number of methoxy groups -OCH3 is 1. The number of aliphatic hydroxyl groups excluding tert-OH is 1. The average Bonchev–Trinajstić information content (AvgIpc) is 3.44. The van der Waals surface area contributed by atoms with Gasteiger partial charge in [-0.05, 0) is 29.8 Å². The average molecular weight is 382 g/mol. The smallest absolute Gasteiger partial charge is 0.296 e. The summed E-state index contributed by atoms with van der Waals surface area (Å²) in [6.45, 7) is 0. The maximum absolute atomic E-state index is 13.0. The van der Waals surface area contributed by atoms with Crippen molar-refractivity contribution in [2.75, 3.05) is 12.0 Å². The van der Waals surface area contributed by atoms with Crippen molar-refractivity contribution in [2.24, 2.45) is 0 Å². The lowest BCUT2D eigenvalue weighted by Gasteiger charge is -2.24. The number of rotatable bonds is 5. The van der Waals surface area contributed by atoms with Gasteiger partial charge in [0.05, 0.1) is 25.0 Å². The summed E-state index contributed by atoms with van der Waals surface area (Å²) in [6.07, 6.45) is 2.92. The third-order valence-corrected chi connectivity index (χ3v) is 5.03. The second-order valence-corrected chi connectivity index (χ2v) is 6.61. The Morgan fingerprint density at radius 2 is 2.07 bits per heavy atom. The third kappa shape index (κ3) is 2.80. The standard InChI is InChI=1S/C19H14N2O5S/c1-25-12-6-4-11(5-7-12)15-14(16(22)13-3-2-9-26-13)17(23)18(24)21(15)19-20-8-10-27-19/h2-10,15,23H,1H3. The summed E-state index contributed by atoms with van der Waals surface area (Å²) in [5.74, 6) is -1.15. The second kappa shape index (κ2) is 6.73. The molecule has 0 bridgehead atoms. The van der Waals surface area contributed by atoms with Gasteiger partial charge in [0.25, 0.3) is 5.91 Å². The van der Waals surface area contributed by atoms with Gasteiger partial charge in [-0.1, -0.05) is 12.1 Å². The molecule has 8 heteroatoms. The number of hydrogen-bond acceptors (Lipinski definition) is 7. The molecule has 3 heterocycles. The van der Waals surface area contributed by atoms with E-state index in [1.807, 2.05) is 0 Å². The van der Waals surface area contributed by atoms with Crippen molar-refractivity contribution < 1.29 is 23.8 Å². The number of ether oxygens (including phenoxy) is 1. The van der Waals surface area contributed by atoms with Gasteiger partial charge in [-0.3, -0.25) is 14.5 Å². The van der Waals surface area contributed by atoms with Gasteiger partial charge in [0, 0.05) is 11.6 Å². The largest absolute Gasteiger partial charge is 0.503 e. The maximum Gasteiger partial charge on any atom is 0.296 e. The van der Waals surface area contributed by atoms with Gasteiger partial charge in [-0.2, -0.15) is 0 Å². The van der Waals surface area contributed by atoms with Gasteiger partial charge in [-0.25, -0.2) is 4.98 Å². The summed E-state index contributed by atoms with van der Waals surface area (Å²) in [6, 6.07) is 9.17. The predicted octanol–water partition coefficient (Wildman–Crippen LogP) is 3.53. The number of ketones is 1. The van der Waals surface area contributed by atoms with Gasteiger partial charge in [0.15, 0.2) is 16.7 Å². The summed E-state index contributed by atoms with van der Waals surface area (Å²) in [7, 11) is 1.55. The van der Waals surface area contributed by atoms with Crippen LogP contribution >= 0.6 is 11.3 Å². The van der Waals surface area contributed by atoms with Crippen molar-refractivity contribution in [1.82, 2.24) is 4.98 Å². The molecule has 7 nitrogen and oxygen atoms in total. The number of nitrogens with zero attached hydrogens (tertiary/aromatic N) is 2. The van der Waals surface area contributed by atoms with Crippen LogP contribution in [0.15, 0.2) is 70.0 Å². The first kappa shape index (κ1) is 17.0. The first-order valence-electron chi connectivity index (χ1n) is 8.00. The highest BCUT2D eigenvalue weighted by atomic mass is 32.1. The Morgan fingerprint density at radius 3 is 2.67 bits per heavy atom. The molecule has 0 saturated heterocycles. The Kier molecular flexibility index (Phi) is 4.25. The topological polar surface area (TPSA) is 92.9 Å². The first-order valence-corrected chi connectivity index (χ1v) is 8.88. The van der Waals surface area contributed by atoms with Gasteiger partial charge in [0.1, 0.15) is 5.75 Å². The van der Waals surface area contributed by atoms with Crippen molar-refractivity contribution in [3.63, 3.8) is 0 Å². The molecule has 1 aromatic carbocycles. The van der Waals surface area contributed by atoms with E-state index in [1.54, 1.807) is 49.0 Å². The molecular formula is C19H14N2O5S. The molecular weight excluding hydrogens is 368 g/mol. The fraction of sp³-hybridized carbons (Fsp3) is 0.105. The van der Waals surface area contributed by atoms with E-state index in [-0.39, 0.29) is 11.3 Å². The fourth-order valence-corrected chi connectivity index (χ4v) is 3.68. The van der Waals surface area contributed by atoms with Crippen LogP contribution in [0.25, 0.3) is 0 Å². The van der Waals surface area contributed by atoms with Crippen molar-refractivity contribution in [1.29, 1.82) is 0 Å². The van der Waals surface area contributed by atoms with Gasteiger partial charge >= 0.3 is 0 Å². The minimum Gasteiger partial charge on any atom is -0.503 e. The molecule has 0 fully saturated rings. The summed E-state index contributed by atoms with van der Waals surface area (Å²) in [5, 5.41) is 12.6. The van der Waals surface area contributed by atoms with Crippen molar-refractivity contribution in [2.45, 2.75) is 6.04 Å². The molecule has 1 amide bonds. The molecule has 0 spiro atoms. The van der Waals surface area contributed by atoms with E-state index >= 15 is 0 Å². The van der Waals surface area contributed by atoms with E-state index in [0.29, 0.717) is 16.4 Å². The van der Waals surface area contributed by atoms with E-state index in [9.17, 15) is 14.7 Å². The summed E-state index contributed by atoms with van der Waals surface area (Å²) in [5.41, 5.74) is 0.591. The molecule has 1 N–H and O–H groups in total. The second-order valence-electron chi connectivity index (χ2n) is 5.73. The zero-order valence-electron chi connectivity index (χ0n) is 14.2. The number of anilines is 1. The monoisotopic (exact) mass is 382 g/mol. The lowest BCUT2D eigenvalue weighted by Crippen LogP contribution is -2.30. The summed E-state index contributed by atoms with van der Waals surface area (Å²) >= 11 is 1.24. The van der Waals surface area contributed by atoms with Crippen LogP contribution in [0.3, 0.4) is 0 Å². The Morgan fingerprint density at radius 1 is 1.30 bits per heavy atom. The lowest BCUT2D eigenvalue weighted by molar-refractivity contribution is -0.117. The quantitative estimate of drug-likeness (QED) is 0.679. The van der Waals surface area contributed by atoms with E-state index in [2.05, 4.69) is 4.98 Å². The first-order chi connectivity index (χ1) is 13.1. The van der Waals surface area contributed by atoms with Crippen LogP contribution in [-0.2, 0) is 4.79 Å². The SMILES string of the molecule is COc1ccc(C2C(C(=O)c3ccco3)=C(O)C(=O)N2c2nccs2)cc1.